The molecule has 0 radical (unpaired) electrons. The Balaban J connectivity index is -0.000000422. The standard InChI is InChI=1S/C7H5NO3S.2FH.Na.H/c9-7-5-3-1-2-4-6(5)12(10,11)8-7;;;;/h1-4H,(H,8,9);2*1H;;/q;;;+1;-1. The second-order valence-electron chi connectivity index (χ2n) is 2.43. The van der Waals surface area contributed by atoms with E-state index in [-0.39, 0.29) is 50.9 Å². The van der Waals surface area contributed by atoms with E-state index in [2.05, 4.69) is 0 Å². The minimum atomic E-state index is -3.55. The van der Waals surface area contributed by atoms with Crippen LogP contribution >= 0.6 is 0 Å². The van der Waals surface area contributed by atoms with Crippen molar-refractivity contribution >= 4 is 15.9 Å². The molecule has 0 saturated carbocycles. The van der Waals surface area contributed by atoms with Gasteiger partial charge in [0.2, 0.25) is 0 Å². The average molecular weight is 247 g/mol. The molecule has 1 aliphatic heterocycles. The Kier molecular flexibility index (Phi) is 6.25. The number of fused-ring (bicyclic) bond motifs is 1. The maximum atomic E-state index is 11.1. The van der Waals surface area contributed by atoms with Crippen molar-refractivity contribution in [3.8, 4) is 0 Å². The summed E-state index contributed by atoms with van der Waals surface area (Å²) in [7, 11) is -3.55. The zero-order valence-corrected chi connectivity index (χ0v) is 10.6. The molecule has 1 N–H and O–H groups in total. The molecule has 0 aliphatic carbocycles. The Bertz CT molecular complexity index is 468. The number of hydrogen-bond donors (Lipinski definition) is 1. The minimum absolute atomic E-state index is 0. The molecule has 4 nitrogen and oxygen atoms in total. The molecule has 8 heteroatoms. The zero-order valence-electron chi connectivity index (χ0n) is 8.76. The number of halogens is 2. The largest absolute Gasteiger partial charge is 1.00 e. The van der Waals surface area contributed by atoms with E-state index in [0.29, 0.717) is 0 Å². The van der Waals surface area contributed by atoms with E-state index >= 15 is 0 Å². The number of benzene rings is 1. The van der Waals surface area contributed by atoms with Gasteiger partial charge >= 0.3 is 29.6 Å². The van der Waals surface area contributed by atoms with Crippen LogP contribution in [-0.4, -0.2) is 14.3 Å². The quantitative estimate of drug-likeness (QED) is 0.517. The van der Waals surface area contributed by atoms with E-state index in [4.69, 9.17) is 0 Å². The van der Waals surface area contributed by atoms with Crippen LogP contribution in [0.15, 0.2) is 29.2 Å². The van der Waals surface area contributed by atoms with Crippen LogP contribution in [-0.2, 0) is 10.0 Å². The van der Waals surface area contributed by atoms with Crippen LogP contribution in [0.2, 0.25) is 0 Å². The Morgan fingerprint density at radius 2 is 1.67 bits per heavy atom. The van der Waals surface area contributed by atoms with Crippen molar-refractivity contribution in [2.75, 3.05) is 0 Å². The van der Waals surface area contributed by atoms with Crippen LogP contribution in [0.4, 0.5) is 9.41 Å². The first kappa shape index (κ1) is 16.9. The second kappa shape index (κ2) is 5.55. The fourth-order valence-electron chi connectivity index (χ4n) is 1.12. The Morgan fingerprint density at radius 1 is 1.13 bits per heavy atom. The van der Waals surface area contributed by atoms with E-state index < -0.39 is 15.9 Å². The van der Waals surface area contributed by atoms with Crippen molar-refractivity contribution in [3.63, 3.8) is 0 Å². The van der Waals surface area contributed by atoms with E-state index in [1.807, 2.05) is 4.72 Å². The SMILES string of the molecule is F.F.O=C1NS(=O)(=O)c2ccccc21.[H-].[Na+]. The fraction of sp³-hybridized carbons (Fsp3) is 0. The Morgan fingerprint density at radius 3 is 2.20 bits per heavy atom. The van der Waals surface area contributed by atoms with Gasteiger partial charge in [-0.1, -0.05) is 12.1 Å². The van der Waals surface area contributed by atoms with Gasteiger partial charge < -0.3 is 1.43 Å². The predicted molar refractivity (Wildman–Crippen MR) is 47.2 cm³/mol. The smallest absolute Gasteiger partial charge is 1.00 e. The van der Waals surface area contributed by atoms with Gasteiger partial charge in [-0.05, 0) is 12.1 Å². The predicted octanol–water partition coefficient (Wildman–Crippen LogP) is -2.46. The summed E-state index contributed by atoms with van der Waals surface area (Å²) >= 11 is 0. The summed E-state index contributed by atoms with van der Waals surface area (Å²) in [5.41, 5.74) is 0.220. The van der Waals surface area contributed by atoms with Crippen molar-refractivity contribution in [1.29, 1.82) is 0 Å². The first-order valence-corrected chi connectivity index (χ1v) is 4.76. The molecule has 0 fully saturated rings. The van der Waals surface area contributed by atoms with Gasteiger partial charge in [-0.25, -0.2) is 13.1 Å². The van der Waals surface area contributed by atoms with Crippen molar-refractivity contribution < 1.29 is 53.6 Å². The summed E-state index contributed by atoms with van der Waals surface area (Å²) < 4.78 is 24.2. The van der Waals surface area contributed by atoms with Gasteiger partial charge in [0.1, 0.15) is 4.90 Å². The number of hydrogen-bond acceptors (Lipinski definition) is 3. The van der Waals surface area contributed by atoms with Crippen LogP contribution in [0, 0.1) is 0 Å². The molecular formula is C7H8F2NNaO3S. The first-order chi connectivity index (χ1) is 5.61. The normalized spacial score (nSPS) is 14.8. The van der Waals surface area contributed by atoms with E-state index in [0.717, 1.165) is 0 Å². The molecule has 0 unspecified atom stereocenters. The average Bonchev–Trinajstić information content (AvgIpc) is 2.25. The van der Waals surface area contributed by atoms with Gasteiger partial charge in [-0.15, -0.1) is 0 Å². The van der Waals surface area contributed by atoms with Crippen molar-refractivity contribution in [2.24, 2.45) is 0 Å². The van der Waals surface area contributed by atoms with Gasteiger partial charge in [0.15, 0.2) is 0 Å². The number of rotatable bonds is 0. The number of carbonyl (C=O) groups is 1. The molecule has 0 aromatic heterocycles. The van der Waals surface area contributed by atoms with Crippen LogP contribution in [0.1, 0.15) is 11.8 Å². The molecule has 0 spiro atoms. The van der Waals surface area contributed by atoms with Crippen molar-refractivity contribution in [1.82, 2.24) is 4.72 Å². The van der Waals surface area contributed by atoms with Crippen LogP contribution < -0.4 is 34.3 Å². The number of sulfonamides is 1. The molecule has 1 aromatic rings. The molecule has 0 bridgehead atoms. The summed E-state index contributed by atoms with van der Waals surface area (Å²) in [5, 5.41) is 0. The third-order valence-corrected chi connectivity index (χ3v) is 3.04. The van der Waals surface area contributed by atoms with Gasteiger partial charge in [0, 0.05) is 0 Å². The molecule has 0 saturated heterocycles. The third-order valence-electron chi connectivity index (χ3n) is 1.65. The molecule has 15 heavy (non-hydrogen) atoms. The van der Waals surface area contributed by atoms with Crippen LogP contribution in [0.25, 0.3) is 0 Å². The molecule has 1 amide bonds. The first-order valence-electron chi connectivity index (χ1n) is 3.27. The van der Waals surface area contributed by atoms with E-state index in [1.54, 1.807) is 12.1 Å². The summed E-state index contributed by atoms with van der Waals surface area (Å²) in [5.74, 6) is -0.550. The summed E-state index contributed by atoms with van der Waals surface area (Å²) in [6.45, 7) is 0. The van der Waals surface area contributed by atoms with Gasteiger partial charge in [0.25, 0.3) is 15.9 Å². The van der Waals surface area contributed by atoms with Crippen molar-refractivity contribution in [3.05, 3.63) is 29.8 Å². The van der Waals surface area contributed by atoms with Crippen LogP contribution in [0.3, 0.4) is 0 Å². The number of amides is 1. The third kappa shape index (κ3) is 2.75. The maximum absolute atomic E-state index is 11.1. The summed E-state index contributed by atoms with van der Waals surface area (Å²) in [6.07, 6.45) is 0. The monoisotopic (exact) mass is 247 g/mol. The minimum Gasteiger partial charge on any atom is -1.00 e. The number of nitrogens with one attached hydrogen (secondary N) is 1. The molecular weight excluding hydrogens is 239 g/mol. The molecule has 1 heterocycles. The topological polar surface area (TPSA) is 63.2 Å². The summed E-state index contributed by atoms with van der Waals surface area (Å²) in [4.78, 5) is 11.1. The van der Waals surface area contributed by atoms with E-state index in [9.17, 15) is 13.2 Å². The second-order valence-corrected chi connectivity index (χ2v) is 4.08. The Hall–Kier alpha value is -0.500. The molecule has 1 aromatic carbocycles. The maximum Gasteiger partial charge on any atom is 1.00 e. The summed E-state index contributed by atoms with van der Waals surface area (Å²) in [6, 6.07) is 6.09. The zero-order chi connectivity index (χ0) is 8.77. The molecule has 1 aliphatic rings. The molecule has 2 rings (SSSR count). The van der Waals surface area contributed by atoms with Crippen molar-refractivity contribution in [2.45, 2.75) is 4.90 Å². The number of carbonyl (C=O) groups excluding carboxylic acids is 1. The van der Waals surface area contributed by atoms with E-state index in [1.165, 1.54) is 12.1 Å². The van der Waals surface area contributed by atoms with Gasteiger partial charge in [-0.3, -0.25) is 14.2 Å². The molecule has 0 atom stereocenters. The van der Waals surface area contributed by atoms with Gasteiger partial charge in [0.05, 0.1) is 5.56 Å². The molecule has 80 valence electrons. The van der Waals surface area contributed by atoms with Gasteiger partial charge in [-0.2, -0.15) is 0 Å². The fourth-order valence-corrected chi connectivity index (χ4v) is 2.29. The Labute approximate surface area is 109 Å². The van der Waals surface area contributed by atoms with Crippen LogP contribution in [0.5, 0.6) is 0 Å².